The van der Waals surface area contributed by atoms with Gasteiger partial charge in [-0.2, -0.15) is 10.4 Å². The van der Waals surface area contributed by atoms with Crippen molar-refractivity contribution in [1.82, 2.24) is 40.3 Å². The van der Waals surface area contributed by atoms with E-state index in [1.807, 2.05) is 24.4 Å². The van der Waals surface area contributed by atoms with Crippen LogP contribution in [-0.2, 0) is 34.0 Å². The number of hydrogen-bond acceptors (Lipinski definition) is 16. The number of carbonyl (C=O) groups excluding carboxylic acids is 5. The number of rotatable bonds is 17. The Bertz CT molecular complexity index is 2810. The van der Waals surface area contributed by atoms with Crippen LogP contribution in [0.5, 0.6) is 0 Å². The van der Waals surface area contributed by atoms with Gasteiger partial charge in [0, 0.05) is 67.2 Å². The Balaban J connectivity index is 0.676. The molecular formula is C48H51N11O8S. The number of fused-ring (bicyclic) bond motifs is 5. The van der Waals surface area contributed by atoms with Gasteiger partial charge in [0.15, 0.2) is 5.01 Å². The Morgan fingerprint density at radius 2 is 1.69 bits per heavy atom. The Kier molecular flexibility index (Phi) is 12.7. The number of nitrogens with one attached hydrogen (secondary N) is 4. The molecule has 1 atom stereocenters. The second-order valence-electron chi connectivity index (χ2n) is 18.2. The Morgan fingerprint density at radius 3 is 2.47 bits per heavy atom. The van der Waals surface area contributed by atoms with Crippen LogP contribution in [0.2, 0.25) is 0 Å². The van der Waals surface area contributed by atoms with E-state index >= 15 is 0 Å². The number of imide groups is 2. The lowest BCUT2D eigenvalue weighted by Gasteiger charge is -2.52. The van der Waals surface area contributed by atoms with E-state index in [-0.39, 0.29) is 59.9 Å². The first kappa shape index (κ1) is 45.1. The number of nitrogens with zero attached hydrogens (tertiary/aromatic N) is 7. The van der Waals surface area contributed by atoms with Gasteiger partial charge in [-0.25, -0.2) is 4.52 Å². The minimum atomic E-state index is -1.03. The van der Waals surface area contributed by atoms with Crippen LogP contribution in [0.3, 0.4) is 0 Å². The molecule has 7 heterocycles. The largest absolute Gasteiger partial charge is 0.382 e. The minimum Gasteiger partial charge on any atom is -0.382 e. The predicted octanol–water partition coefficient (Wildman–Crippen LogP) is 4.77. The van der Waals surface area contributed by atoms with Crippen molar-refractivity contribution in [3.63, 3.8) is 0 Å². The lowest BCUT2D eigenvalue weighted by Crippen LogP contribution is -2.57. The van der Waals surface area contributed by atoms with Gasteiger partial charge in [0.2, 0.25) is 17.7 Å². The minimum absolute atomic E-state index is 0.0290. The summed E-state index contributed by atoms with van der Waals surface area (Å²) in [5, 5.41) is 37.8. The molecule has 20 heteroatoms. The molecular weight excluding hydrogens is 891 g/mol. The van der Waals surface area contributed by atoms with Crippen molar-refractivity contribution in [2.24, 2.45) is 0 Å². The third kappa shape index (κ3) is 8.94. The highest BCUT2D eigenvalue weighted by atomic mass is 32.1. The molecule has 3 aliphatic heterocycles. The van der Waals surface area contributed by atoms with Crippen LogP contribution in [0.15, 0.2) is 54.9 Å². The molecule has 1 unspecified atom stereocenters. The van der Waals surface area contributed by atoms with E-state index < -0.39 is 29.7 Å². The molecule has 19 nitrogen and oxygen atoms in total. The highest BCUT2D eigenvalue weighted by Crippen LogP contribution is 2.55. The first-order chi connectivity index (χ1) is 33.1. The molecule has 0 spiro atoms. The maximum atomic E-state index is 13.3. The summed E-state index contributed by atoms with van der Waals surface area (Å²) in [6.07, 6.45) is 10.9. The average Bonchev–Trinajstić information content (AvgIpc) is 4.09. The van der Waals surface area contributed by atoms with Crippen LogP contribution >= 0.6 is 11.3 Å². The van der Waals surface area contributed by atoms with Crippen LogP contribution in [-0.4, -0.2) is 123 Å². The fourth-order valence-corrected chi connectivity index (χ4v) is 11.3. The molecule has 4 aromatic heterocycles. The molecule has 6 aliphatic rings. The summed E-state index contributed by atoms with van der Waals surface area (Å²) in [6.45, 7) is 2.92. The van der Waals surface area contributed by atoms with Gasteiger partial charge in [0.1, 0.15) is 17.1 Å². The number of hydrogen-bond donors (Lipinski definition) is 4. The maximum Gasteiger partial charge on any atom is 0.264 e. The number of aromatic nitrogens is 5. The third-order valence-electron chi connectivity index (χ3n) is 14.0. The summed E-state index contributed by atoms with van der Waals surface area (Å²) in [6, 6.07) is 14.0. The summed E-state index contributed by atoms with van der Waals surface area (Å²) in [7, 11) is 0. The molecule has 5 amide bonds. The van der Waals surface area contributed by atoms with E-state index in [1.54, 1.807) is 40.2 Å². The van der Waals surface area contributed by atoms with Crippen LogP contribution in [0, 0.1) is 11.3 Å². The number of piperidine rings is 1. The quantitative estimate of drug-likeness (QED) is 0.0725. The van der Waals surface area contributed by atoms with E-state index in [2.05, 4.69) is 38.5 Å². The topological polar surface area (TPSA) is 244 Å². The van der Waals surface area contributed by atoms with Crippen molar-refractivity contribution in [3.8, 4) is 28.0 Å². The molecule has 5 fully saturated rings. The van der Waals surface area contributed by atoms with Crippen molar-refractivity contribution >= 4 is 57.8 Å². The highest BCUT2D eigenvalue weighted by Gasteiger charge is 2.52. The van der Waals surface area contributed by atoms with Gasteiger partial charge < -0.3 is 30.2 Å². The van der Waals surface area contributed by atoms with Gasteiger partial charge in [-0.3, -0.25) is 39.2 Å². The number of anilines is 2. The Hall–Kier alpha value is -6.66. The lowest BCUT2D eigenvalue weighted by molar-refractivity contribution is -0.136. The summed E-state index contributed by atoms with van der Waals surface area (Å²) < 4.78 is 18.9. The first-order valence-corrected chi connectivity index (χ1v) is 24.1. The van der Waals surface area contributed by atoms with Crippen molar-refractivity contribution in [2.75, 3.05) is 56.8 Å². The van der Waals surface area contributed by atoms with Crippen molar-refractivity contribution in [2.45, 2.75) is 93.7 Å². The van der Waals surface area contributed by atoms with Gasteiger partial charge in [0.05, 0.1) is 71.8 Å². The fourth-order valence-electron chi connectivity index (χ4n) is 10.2. The second kappa shape index (κ2) is 19.1. The average molecular weight is 942 g/mol. The van der Waals surface area contributed by atoms with Gasteiger partial charge in [-0.15, -0.1) is 10.2 Å². The van der Waals surface area contributed by atoms with Gasteiger partial charge in [-0.05, 0) is 94.2 Å². The summed E-state index contributed by atoms with van der Waals surface area (Å²) in [4.78, 5) is 69.5. The predicted molar refractivity (Wildman–Crippen MR) is 248 cm³/mol. The van der Waals surface area contributed by atoms with Crippen molar-refractivity contribution in [1.29, 1.82) is 5.26 Å². The van der Waals surface area contributed by atoms with Crippen LogP contribution in [0.4, 0.5) is 11.4 Å². The number of amides is 5. The molecule has 2 saturated heterocycles. The monoisotopic (exact) mass is 941 g/mol. The molecule has 0 radical (unpaired) electrons. The zero-order chi connectivity index (χ0) is 46.8. The number of nitriles is 1. The summed E-state index contributed by atoms with van der Waals surface area (Å²) in [5.74, 6) is -2.24. The Labute approximate surface area is 395 Å². The fraction of sp³-hybridized carbons (Fsp3) is 0.458. The van der Waals surface area contributed by atoms with Crippen LogP contribution in [0.1, 0.15) is 102 Å². The first-order valence-electron chi connectivity index (χ1n) is 23.2. The van der Waals surface area contributed by atoms with Crippen molar-refractivity contribution < 1.29 is 38.2 Å². The number of benzene rings is 1. The van der Waals surface area contributed by atoms with E-state index in [9.17, 15) is 29.2 Å². The lowest BCUT2D eigenvalue weighted by atomic mass is 9.57. The van der Waals surface area contributed by atoms with E-state index in [0.717, 1.165) is 94.4 Å². The van der Waals surface area contributed by atoms with Gasteiger partial charge in [0.25, 0.3) is 11.8 Å². The van der Waals surface area contributed by atoms with Gasteiger partial charge in [-0.1, -0.05) is 17.4 Å². The van der Waals surface area contributed by atoms with Gasteiger partial charge >= 0.3 is 0 Å². The number of pyridine rings is 1. The molecule has 3 aliphatic carbocycles. The van der Waals surface area contributed by atoms with E-state index in [1.165, 1.54) is 0 Å². The molecule has 68 heavy (non-hydrogen) atoms. The number of ether oxygens (including phenoxy) is 3. The molecule has 1 aromatic carbocycles. The molecule has 11 rings (SSSR count). The Morgan fingerprint density at radius 1 is 0.897 bits per heavy atom. The summed E-state index contributed by atoms with van der Waals surface area (Å²) in [5.41, 5.74) is 5.24. The molecule has 3 saturated carbocycles. The standard InChI is InChI=1S/C48H51N11O8S/c49-26-29-24-31-4-5-37(59(31)52-27-29)36-25-35(53-30-8-18-65-19-9-30)33(28-51-36)43-56-57-46(68-43)47-11-14-48(15-12-47,16-13-47)55-40(61)10-20-66-22-23-67-21-17-50-34-3-1-2-32-41(34)45(64)58(44(32)63)38-6-7-39(60)54-42(38)62/h1-5,24-25,27-28,30,38,50H,6-23H2,(H,51,53)(H,55,61)(H,54,60,62). The van der Waals surface area contributed by atoms with Crippen molar-refractivity contribution in [3.05, 3.63) is 76.6 Å². The third-order valence-corrected chi connectivity index (χ3v) is 15.2. The zero-order valence-electron chi connectivity index (χ0n) is 37.4. The molecule has 2 bridgehead atoms. The second-order valence-corrected chi connectivity index (χ2v) is 19.1. The molecule has 5 aromatic rings. The highest BCUT2D eigenvalue weighted by molar-refractivity contribution is 7.14. The van der Waals surface area contributed by atoms with E-state index in [4.69, 9.17) is 29.4 Å². The smallest absolute Gasteiger partial charge is 0.264 e. The maximum absolute atomic E-state index is 13.3. The molecule has 352 valence electrons. The van der Waals surface area contributed by atoms with Crippen LogP contribution in [0.25, 0.3) is 27.5 Å². The zero-order valence-corrected chi connectivity index (χ0v) is 38.2. The van der Waals surface area contributed by atoms with Crippen LogP contribution < -0.4 is 21.3 Å². The summed E-state index contributed by atoms with van der Waals surface area (Å²) >= 11 is 1.63. The molecule has 4 N–H and O–H groups in total. The van der Waals surface area contributed by atoms with E-state index in [0.29, 0.717) is 50.8 Å². The SMILES string of the molecule is N#Cc1cnn2c(-c3cc(NC4CCOCC4)c(-c4nnc(C56CCC(NC(=O)CCOCCOCCNc7cccc8c7C(=O)N(C7CCC(=O)NC7=O)C8=O)(CC5)CC6)s4)cn3)ccc2c1. The number of carbonyl (C=O) groups is 5. The normalized spacial score (nSPS) is 22.6.